The van der Waals surface area contributed by atoms with E-state index >= 15 is 0 Å². The van der Waals surface area contributed by atoms with E-state index in [2.05, 4.69) is 75.9 Å². The number of fused-ring (bicyclic) bond motifs is 1. The van der Waals surface area contributed by atoms with Crippen LogP contribution >= 0.6 is 0 Å². The van der Waals surface area contributed by atoms with E-state index in [1.807, 2.05) is 0 Å². The highest BCUT2D eigenvalue weighted by molar-refractivity contribution is 5.39. The van der Waals surface area contributed by atoms with E-state index in [9.17, 15) is 15.3 Å². The Bertz CT molecular complexity index is 1140. The molecule has 4 aliphatic rings. The van der Waals surface area contributed by atoms with Gasteiger partial charge in [-0.05, 0) is 103 Å². The van der Waals surface area contributed by atoms with Gasteiger partial charge in [-0.1, -0.05) is 87.9 Å². The molecule has 4 fully saturated rings. The molecule has 1 aromatic carbocycles. The largest absolute Gasteiger partial charge is 0.393 e. The number of hydrogen-bond donors (Lipinski definition) is 3. The number of hydrogen-bond acceptors (Lipinski definition) is 3. The molecule has 0 saturated heterocycles. The Hall–Kier alpha value is -1.94. The van der Waals surface area contributed by atoms with Gasteiger partial charge in [-0.3, -0.25) is 0 Å². The van der Waals surface area contributed by atoms with Crippen LogP contribution in [0.15, 0.2) is 71.9 Å². The first-order valence-corrected chi connectivity index (χ1v) is 15.6. The van der Waals surface area contributed by atoms with Crippen LogP contribution in [0.25, 0.3) is 0 Å². The number of aliphatic hydroxyl groups is 3. The normalized spacial score (nSPS) is 35.9. The first-order chi connectivity index (χ1) is 18.7. The van der Waals surface area contributed by atoms with Crippen LogP contribution in [-0.4, -0.2) is 33.6 Å². The first-order valence-electron chi connectivity index (χ1n) is 15.6. The fourth-order valence-corrected chi connectivity index (χ4v) is 8.42. The minimum Gasteiger partial charge on any atom is -0.393 e. The summed E-state index contributed by atoms with van der Waals surface area (Å²) in [7, 11) is 0. The molecule has 7 atom stereocenters. The van der Waals surface area contributed by atoms with Crippen LogP contribution in [0.2, 0.25) is 0 Å². The van der Waals surface area contributed by atoms with Crippen LogP contribution in [0.1, 0.15) is 96.1 Å². The molecule has 0 bridgehead atoms. The Kier molecular flexibility index (Phi) is 8.43. The predicted octanol–water partition coefficient (Wildman–Crippen LogP) is 7.36. The molecule has 0 heterocycles. The summed E-state index contributed by atoms with van der Waals surface area (Å²) >= 11 is 0. The number of benzene rings is 1. The second-order valence-corrected chi connectivity index (χ2v) is 13.5. The summed E-state index contributed by atoms with van der Waals surface area (Å²) in [6.45, 7) is 11.2. The fraction of sp³-hybridized carbons (Fsp3) is 0.611. The van der Waals surface area contributed by atoms with Gasteiger partial charge in [0, 0.05) is 11.8 Å². The van der Waals surface area contributed by atoms with E-state index in [0.29, 0.717) is 30.6 Å². The average Bonchev–Trinajstić information content (AvgIpc) is 3.65. The van der Waals surface area contributed by atoms with Crippen molar-refractivity contribution in [1.29, 1.82) is 0 Å². The lowest BCUT2D eigenvalue weighted by atomic mass is 9.61. The molecule has 3 heteroatoms. The lowest BCUT2D eigenvalue weighted by molar-refractivity contribution is 0.0862. The second kappa shape index (κ2) is 11.5. The Morgan fingerprint density at radius 3 is 2.64 bits per heavy atom. The van der Waals surface area contributed by atoms with E-state index in [1.54, 1.807) is 0 Å². The molecule has 39 heavy (non-hydrogen) atoms. The van der Waals surface area contributed by atoms with Gasteiger partial charge in [0.05, 0.1) is 18.3 Å². The van der Waals surface area contributed by atoms with Crippen LogP contribution in [0.3, 0.4) is 0 Å². The number of aryl methyl sites for hydroxylation is 1. The second-order valence-electron chi connectivity index (χ2n) is 13.5. The van der Waals surface area contributed by atoms with Crippen molar-refractivity contribution in [2.45, 2.75) is 115 Å². The van der Waals surface area contributed by atoms with Crippen LogP contribution in [0.5, 0.6) is 0 Å². The molecule has 212 valence electrons. The maximum Gasteiger partial charge on any atom is 0.0817 e. The summed E-state index contributed by atoms with van der Waals surface area (Å²) < 4.78 is 0. The quantitative estimate of drug-likeness (QED) is 0.308. The van der Waals surface area contributed by atoms with Gasteiger partial charge < -0.3 is 15.3 Å². The van der Waals surface area contributed by atoms with Crippen LogP contribution in [-0.2, 0) is 11.8 Å². The molecule has 0 amide bonds. The maximum absolute atomic E-state index is 11.4. The lowest BCUT2D eigenvalue weighted by Gasteiger charge is -2.44. The zero-order valence-electron chi connectivity index (χ0n) is 24.4. The minimum absolute atomic E-state index is 0.0966. The van der Waals surface area contributed by atoms with Crippen molar-refractivity contribution in [3.05, 3.63) is 83.0 Å². The Morgan fingerprint density at radius 1 is 1.10 bits per heavy atom. The van der Waals surface area contributed by atoms with Gasteiger partial charge in [0.25, 0.3) is 0 Å². The third-order valence-corrected chi connectivity index (χ3v) is 10.9. The van der Waals surface area contributed by atoms with Crippen molar-refractivity contribution in [3.63, 3.8) is 0 Å². The maximum atomic E-state index is 11.4. The highest BCUT2D eigenvalue weighted by Gasteiger charge is 2.51. The predicted molar refractivity (Wildman–Crippen MR) is 160 cm³/mol. The third kappa shape index (κ3) is 5.65. The lowest BCUT2D eigenvalue weighted by Crippen LogP contribution is -2.35. The third-order valence-electron chi connectivity index (χ3n) is 10.9. The van der Waals surface area contributed by atoms with Crippen molar-refractivity contribution >= 4 is 0 Å². The summed E-state index contributed by atoms with van der Waals surface area (Å²) in [6.07, 6.45) is 18.7. The summed E-state index contributed by atoms with van der Waals surface area (Å²) in [5.41, 5.74) is 6.15. The summed E-state index contributed by atoms with van der Waals surface area (Å²) in [4.78, 5) is 0. The van der Waals surface area contributed by atoms with Crippen LogP contribution < -0.4 is 0 Å². The monoisotopic (exact) mass is 530 g/mol. The van der Waals surface area contributed by atoms with Crippen molar-refractivity contribution in [3.8, 4) is 0 Å². The van der Waals surface area contributed by atoms with Gasteiger partial charge in [0.15, 0.2) is 0 Å². The first kappa shape index (κ1) is 28.6. The van der Waals surface area contributed by atoms with E-state index < -0.39 is 18.3 Å². The molecule has 3 N–H and O–H groups in total. The zero-order chi connectivity index (χ0) is 27.8. The van der Waals surface area contributed by atoms with Crippen molar-refractivity contribution in [2.75, 3.05) is 0 Å². The van der Waals surface area contributed by atoms with Gasteiger partial charge in [-0.2, -0.15) is 0 Å². The van der Waals surface area contributed by atoms with E-state index in [1.165, 1.54) is 42.4 Å². The summed E-state index contributed by atoms with van der Waals surface area (Å²) in [5.74, 6) is 1.62. The number of allylic oxidation sites excluding steroid dienone is 4. The Morgan fingerprint density at radius 2 is 1.90 bits per heavy atom. The minimum atomic E-state index is -0.635. The SMILES string of the molecule is C=C1C(=CC=C2CCC[C@]3(C)[C@@H]([C@H](C)C=C[C@H](O)C4(c5cccc(CCC)c5)CC4)CC[C@@H]23)C[C@@H](O)C[C@@H]1O. The molecule has 0 aliphatic heterocycles. The van der Waals surface area contributed by atoms with Gasteiger partial charge in [-0.15, -0.1) is 0 Å². The van der Waals surface area contributed by atoms with Gasteiger partial charge in [0.2, 0.25) is 0 Å². The Labute approximate surface area is 236 Å². The highest BCUT2D eigenvalue weighted by Crippen LogP contribution is 2.60. The molecule has 0 spiro atoms. The van der Waals surface area contributed by atoms with E-state index in [0.717, 1.165) is 43.3 Å². The molecule has 0 unspecified atom stereocenters. The summed E-state index contributed by atoms with van der Waals surface area (Å²) in [5, 5.41) is 31.7. The van der Waals surface area contributed by atoms with Gasteiger partial charge >= 0.3 is 0 Å². The average molecular weight is 531 g/mol. The topological polar surface area (TPSA) is 60.7 Å². The molecule has 1 aromatic rings. The van der Waals surface area contributed by atoms with Crippen molar-refractivity contribution in [2.24, 2.45) is 23.2 Å². The standard InChI is InChI=1S/C36H50O3/c1-5-8-26-9-6-11-29(21-26)36(19-20-36)34(39)17-12-24(2)31-15-16-32-27(10-7-18-35(31,32)4)13-14-28-22-30(37)23-33(38)25(28)3/h6,9,11-14,17,21,24,30-34,37-39H,3,5,7-8,10,15-16,18-20,22-23H2,1-2,4H3/t24-,30-,31-,32+,33+,34+,35-/m1/s1. The molecule has 5 rings (SSSR count). The molecular formula is C36H50O3. The van der Waals surface area contributed by atoms with Gasteiger partial charge in [-0.25, -0.2) is 0 Å². The Balaban J connectivity index is 1.28. The van der Waals surface area contributed by atoms with Crippen LogP contribution in [0, 0.1) is 23.2 Å². The van der Waals surface area contributed by atoms with Crippen LogP contribution in [0.4, 0.5) is 0 Å². The van der Waals surface area contributed by atoms with Gasteiger partial charge in [0.1, 0.15) is 0 Å². The molecule has 0 aromatic heterocycles. The smallest absolute Gasteiger partial charge is 0.0817 e. The number of rotatable bonds is 8. The molecular weight excluding hydrogens is 480 g/mol. The molecule has 0 radical (unpaired) electrons. The highest BCUT2D eigenvalue weighted by atomic mass is 16.3. The zero-order valence-corrected chi connectivity index (χ0v) is 24.4. The number of aliphatic hydroxyl groups excluding tert-OH is 3. The van der Waals surface area contributed by atoms with Crippen molar-refractivity contribution in [1.82, 2.24) is 0 Å². The van der Waals surface area contributed by atoms with Crippen molar-refractivity contribution < 1.29 is 15.3 Å². The molecule has 4 saturated carbocycles. The molecule has 3 nitrogen and oxygen atoms in total. The van der Waals surface area contributed by atoms with E-state index in [-0.39, 0.29) is 10.8 Å². The molecule has 4 aliphatic carbocycles. The summed E-state index contributed by atoms with van der Waals surface area (Å²) in [6, 6.07) is 8.92. The van der Waals surface area contributed by atoms with E-state index in [4.69, 9.17) is 0 Å². The fourth-order valence-electron chi connectivity index (χ4n) is 8.42.